The zero-order chi connectivity index (χ0) is 23.8. The third-order valence-corrected chi connectivity index (χ3v) is 7.46. The highest BCUT2D eigenvalue weighted by Gasteiger charge is 2.58. The number of hydrogen-bond donors (Lipinski definition) is 1. The molecule has 0 spiro atoms. The number of benzene rings is 1. The molecule has 1 fully saturated rings. The van der Waals surface area contributed by atoms with E-state index in [-0.39, 0.29) is 41.5 Å². The maximum atomic E-state index is 13.6. The van der Waals surface area contributed by atoms with Crippen molar-refractivity contribution < 1.29 is 24.3 Å². The molecule has 2 amide bonds. The first-order valence-corrected chi connectivity index (χ1v) is 11.4. The molecule has 170 valence electrons. The Hall–Kier alpha value is -3.28. The van der Waals surface area contributed by atoms with Gasteiger partial charge in [-0.3, -0.25) is 24.1 Å². The number of carbonyl (C=O) groups excluding carboxylic acids is 4. The summed E-state index contributed by atoms with van der Waals surface area (Å²) >= 11 is 0. The van der Waals surface area contributed by atoms with Gasteiger partial charge in [0, 0.05) is 28.2 Å². The van der Waals surface area contributed by atoms with Crippen molar-refractivity contribution in [2.75, 3.05) is 0 Å². The summed E-state index contributed by atoms with van der Waals surface area (Å²) in [7, 11) is 0. The fourth-order valence-electron chi connectivity index (χ4n) is 6.07. The fourth-order valence-corrected chi connectivity index (χ4v) is 6.07. The number of rotatable bonds is 1. The molecule has 5 rings (SSSR count). The first-order chi connectivity index (χ1) is 15.5. The summed E-state index contributed by atoms with van der Waals surface area (Å²) in [6.45, 7) is 7.21. The molecule has 0 aromatic heterocycles. The molecule has 4 aliphatic rings. The highest BCUT2D eigenvalue weighted by molar-refractivity contribution is 6.23. The maximum Gasteiger partial charge on any atom is 0.234 e. The lowest BCUT2D eigenvalue weighted by Crippen LogP contribution is -2.46. The number of hydrogen-bond acceptors (Lipinski definition) is 5. The number of amides is 2. The van der Waals surface area contributed by atoms with Gasteiger partial charge in [-0.15, -0.1) is 0 Å². The second-order valence-electron chi connectivity index (χ2n) is 10.5. The van der Waals surface area contributed by atoms with Gasteiger partial charge in [0.15, 0.2) is 11.6 Å². The zero-order valence-corrected chi connectivity index (χ0v) is 19.2. The normalized spacial score (nSPS) is 29.5. The van der Waals surface area contributed by atoms with Crippen LogP contribution in [0.4, 0.5) is 0 Å². The van der Waals surface area contributed by atoms with Crippen LogP contribution in [-0.2, 0) is 19.2 Å². The lowest BCUT2D eigenvalue weighted by molar-refractivity contribution is -0.145. The molecule has 1 aliphatic heterocycles. The van der Waals surface area contributed by atoms with Gasteiger partial charge in [-0.25, -0.2) is 0 Å². The standard InChI is InChI=1S/C27H27NO5/c1-13-11-20(30)19-12-18-16(21(23(19)24(13)31)14-5-7-15(29)8-6-14)9-10-17-22(18)26(33)28(25(17)32)27(2,3)4/h5-9,11,17-18,21-22,29H,10,12H2,1-4H3. The monoisotopic (exact) mass is 445 g/mol. The summed E-state index contributed by atoms with van der Waals surface area (Å²) < 4.78 is 0. The molecule has 4 unspecified atom stereocenters. The van der Waals surface area contributed by atoms with Gasteiger partial charge in [-0.2, -0.15) is 0 Å². The molecule has 3 aliphatic carbocycles. The lowest BCUT2D eigenvalue weighted by atomic mass is 9.59. The Morgan fingerprint density at radius 2 is 1.64 bits per heavy atom. The molecule has 0 saturated carbocycles. The SMILES string of the molecule is CC1=CC(=O)C2=C(C1=O)C(c1ccc(O)cc1)C1=CCC3C(=O)N(C(C)(C)C)C(=O)C3C1C2. The van der Waals surface area contributed by atoms with E-state index in [1.807, 2.05) is 26.8 Å². The fraction of sp³-hybridized carbons (Fsp3) is 0.407. The Balaban J connectivity index is 1.68. The Bertz CT molecular complexity index is 1210. The van der Waals surface area contributed by atoms with Crippen LogP contribution in [-0.4, -0.2) is 38.9 Å². The van der Waals surface area contributed by atoms with Crippen molar-refractivity contribution in [1.29, 1.82) is 0 Å². The number of nitrogens with zero attached hydrogens (tertiary/aromatic N) is 1. The number of phenols is 1. The number of Topliss-reactive ketones (excluding diaryl/α,β-unsaturated/α-hetero) is 1. The minimum absolute atomic E-state index is 0.109. The van der Waals surface area contributed by atoms with E-state index in [1.54, 1.807) is 31.2 Å². The van der Waals surface area contributed by atoms with Crippen LogP contribution in [0.2, 0.25) is 0 Å². The van der Waals surface area contributed by atoms with Crippen LogP contribution in [0.3, 0.4) is 0 Å². The predicted octanol–water partition coefficient (Wildman–Crippen LogP) is 3.62. The van der Waals surface area contributed by atoms with Gasteiger partial charge in [0.2, 0.25) is 11.8 Å². The van der Waals surface area contributed by atoms with Crippen molar-refractivity contribution in [3.8, 4) is 5.75 Å². The number of phenolic OH excluding ortho intramolecular Hbond substituents is 1. The van der Waals surface area contributed by atoms with Crippen LogP contribution in [0.15, 0.2) is 58.7 Å². The number of imide groups is 1. The third-order valence-electron chi connectivity index (χ3n) is 7.46. The van der Waals surface area contributed by atoms with E-state index in [0.717, 1.165) is 11.1 Å². The third kappa shape index (κ3) is 3.07. The summed E-state index contributed by atoms with van der Waals surface area (Å²) in [5.41, 5.74) is 2.40. The lowest BCUT2D eigenvalue weighted by Gasteiger charge is -2.42. The molecule has 1 N–H and O–H groups in total. The Morgan fingerprint density at radius 1 is 0.970 bits per heavy atom. The quantitative estimate of drug-likeness (QED) is 0.405. The van der Waals surface area contributed by atoms with Crippen molar-refractivity contribution in [2.24, 2.45) is 17.8 Å². The summed E-state index contributed by atoms with van der Waals surface area (Å²) in [5, 5.41) is 9.80. The number of likely N-dealkylation sites (tertiary alicyclic amines) is 1. The average molecular weight is 446 g/mol. The van der Waals surface area contributed by atoms with Gasteiger partial charge >= 0.3 is 0 Å². The van der Waals surface area contributed by atoms with Gasteiger partial charge in [0.25, 0.3) is 0 Å². The van der Waals surface area contributed by atoms with E-state index in [2.05, 4.69) is 0 Å². The number of allylic oxidation sites excluding steroid dienone is 6. The molecule has 0 bridgehead atoms. The smallest absolute Gasteiger partial charge is 0.234 e. The molecular weight excluding hydrogens is 418 g/mol. The molecule has 1 aromatic rings. The van der Waals surface area contributed by atoms with Crippen LogP contribution in [0.1, 0.15) is 52.0 Å². The molecular formula is C27H27NO5. The van der Waals surface area contributed by atoms with Crippen LogP contribution in [0.5, 0.6) is 5.75 Å². The van der Waals surface area contributed by atoms with E-state index >= 15 is 0 Å². The summed E-state index contributed by atoms with van der Waals surface area (Å²) in [4.78, 5) is 54.5. The molecule has 4 atom stereocenters. The van der Waals surface area contributed by atoms with Crippen LogP contribution >= 0.6 is 0 Å². The van der Waals surface area contributed by atoms with Crippen molar-refractivity contribution in [3.63, 3.8) is 0 Å². The first-order valence-electron chi connectivity index (χ1n) is 11.4. The van der Waals surface area contributed by atoms with Gasteiger partial charge in [-0.05, 0) is 70.2 Å². The Kier molecular flexibility index (Phi) is 4.64. The Labute approximate surface area is 192 Å². The van der Waals surface area contributed by atoms with E-state index in [0.29, 0.717) is 23.1 Å². The Morgan fingerprint density at radius 3 is 2.27 bits per heavy atom. The predicted molar refractivity (Wildman–Crippen MR) is 121 cm³/mol. The van der Waals surface area contributed by atoms with E-state index in [9.17, 15) is 24.3 Å². The minimum atomic E-state index is -0.627. The molecule has 1 heterocycles. The molecule has 1 saturated heterocycles. The number of aromatic hydroxyl groups is 1. The highest BCUT2D eigenvalue weighted by atomic mass is 16.3. The number of fused-ring (bicyclic) bond motifs is 3. The summed E-state index contributed by atoms with van der Waals surface area (Å²) in [5.74, 6) is -2.39. The number of carbonyl (C=O) groups is 4. The van der Waals surface area contributed by atoms with Gasteiger partial charge < -0.3 is 5.11 Å². The van der Waals surface area contributed by atoms with Crippen molar-refractivity contribution in [2.45, 2.75) is 52.0 Å². The van der Waals surface area contributed by atoms with Crippen molar-refractivity contribution >= 4 is 23.4 Å². The second kappa shape index (κ2) is 7.11. The van der Waals surface area contributed by atoms with Crippen LogP contribution in [0.25, 0.3) is 0 Å². The van der Waals surface area contributed by atoms with Crippen LogP contribution in [0, 0.1) is 17.8 Å². The maximum absolute atomic E-state index is 13.6. The molecule has 0 radical (unpaired) electrons. The number of ketones is 2. The van der Waals surface area contributed by atoms with Crippen molar-refractivity contribution in [3.05, 3.63) is 64.3 Å². The van der Waals surface area contributed by atoms with Gasteiger partial charge in [0.1, 0.15) is 5.75 Å². The minimum Gasteiger partial charge on any atom is -0.508 e. The van der Waals surface area contributed by atoms with E-state index < -0.39 is 23.3 Å². The van der Waals surface area contributed by atoms with Gasteiger partial charge in [0.05, 0.1) is 11.8 Å². The second-order valence-corrected chi connectivity index (χ2v) is 10.5. The zero-order valence-electron chi connectivity index (χ0n) is 19.2. The molecule has 1 aromatic carbocycles. The molecule has 6 nitrogen and oxygen atoms in total. The molecule has 33 heavy (non-hydrogen) atoms. The van der Waals surface area contributed by atoms with E-state index in [1.165, 1.54) is 11.0 Å². The largest absolute Gasteiger partial charge is 0.508 e. The molecule has 6 heteroatoms. The average Bonchev–Trinajstić information content (AvgIpc) is 3.01. The highest BCUT2D eigenvalue weighted by Crippen LogP contribution is 2.55. The topological polar surface area (TPSA) is 91.8 Å². The van der Waals surface area contributed by atoms with Crippen LogP contribution < -0.4 is 0 Å². The summed E-state index contributed by atoms with van der Waals surface area (Å²) in [6, 6.07) is 6.65. The van der Waals surface area contributed by atoms with Crippen molar-refractivity contribution in [1.82, 2.24) is 4.90 Å². The van der Waals surface area contributed by atoms with E-state index in [4.69, 9.17) is 0 Å². The first kappa shape index (κ1) is 21.6. The summed E-state index contributed by atoms with van der Waals surface area (Å²) in [6.07, 6.45) is 4.10. The van der Waals surface area contributed by atoms with Gasteiger partial charge in [-0.1, -0.05) is 23.8 Å².